The summed E-state index contributed by atoms with van der Waals surface area (Å²) in [4.78, 5) is 48.9. The molecule has 1 aromatic carbocycles. The standard InChI is InChI=1S/C20H30N4O6S/c1-11(2)16(20(29)30)24-18(27)14(8-12-6-4-3-5-7-12)22-19(28)15(10-31)23-17(26)13(21)9-25/h3-7,11,13-16,25,31H,8-10,21H2,1-2H3,(H,22,28)(H,23,26)(H,24,27)(H,29,30). The lowest BCUT2D eigenvalue weighted by Gasteiger charge is -2.25. The average Bonchev–Trinajstić information content (AvgIpc) is 2.74. The highest BCUT2D eigenvalue weighted by atomic mass is 32.1. The van der Waals surface area contributed by atoms with Crippen LogP contribution >= 0.6 is 12.6 Å². The number of hydrogen-bond donors (Lipinski definition) is 7. The molecule has 0 fully saturated rings. The summed E-state index contributed by atoms with van der Waals surface area (Å²) in [5, 5.41) is 25.7. The number of carbonyl (C=O) groups is 4. The second kappa shape index (κ2) is 12.9. The number of aliphatic hydroxyl groups excluding tert-OH is 1. The SMILES string of the molecule is CC(C)C(NC(=O)C(Cc1ccccc1)NC(=O)C(CS)NC(=O)C(N)CO)C(=O)O. The first kappa shape index (κ1) is 26.4. The third-order valence-corrected chi connectivity index (χ3v) is 4.86. The van der Waals surface area contributed by atoms with Crippen molar-refractivity contribution in [2.24, 2.45) is 11.7 Å². The molecule has 1 rings (SSSR count). The Bertz CT molecular complexity index is 761. The zero-order valence-electron chi connectivity index (χ0n) is 17.4. The number of thiol groups is 1. The van der Waals surface area contributed by atoms with E-state index < -0.39 is 54.5 Å². The molecule has 0 saturated carbocycles. The smallest absolute Gasteiger partial charge is 0.326 e. The van der Waals surface area contributed by atoms with Crippen LogP contribution in [0.2, 0.25) is 0 Å². The van der Waals surface area contributed by atoms with Gasteiger partial charge in [-0.2, -0.15) is 12.6 Å². The van der Waals surface area contributed by atoms with Crippen molar-refractivity contribution < 1.29 is 29.4 Å². The number of carboxylic acids is 1. The molecular formula is C20H30N4O6S. The molecule has 0 aliphatic heterocycles. The molecule has 0 spiro atoms. The van der Waals surface area contributed by atoms with Gasteiger partial charge in [-0.05, 0) is 11.5 Å². The zero-order valence-corrected chi connectivity index (χ0v) is 18.3. The molecule has 0 aromatic heterocycles. The van der Waals surface area contributed by atoms with Crippen molar-refractivity contribution in [3.8, 4) is 0 Å². The van der Waals surface area contributed by atoms with Crippen molar-refractivity contribution in [3.63, 3.8) is 0 Å². The summed E-state index contributed by atoms with van der Waals surface area (Å²) in [5.74, 6) is -3.76. The van der Waals surface area contributed by atoms with Crippen LogP contribution < -0.4 is 21.7 Å². The van der Waals surface area contributed by atoms with Crippen LogP contribution in [0.5, 0.6) is 0 Å². The molecule has 10 nitrogen and oxygen atoms in total. The predicted octanol–water partition coefficient (Wildman–Crippen LogP) is -1.33. The molecule has 31 heavy (non-hydrogen) atoms. The van der Waals surface area contributed by atoms with Crippen molar-refractivity contribution in [2.45, 2.75) is 44.4 Å². The molecule has 11 heteroatoms. The quantitative estimate of drug-likeness (QED) is 0.192. The van der Waals surface area contributed by atoms with Gasteiger partial charge in [0.25, 0.3) is 0 Å². The van der Waals surface area contributed by atoms with Gasteiger partial charge in [0.1, 0.15) is 24.2 Å². The van der Waals surface area contributed by atoms with Gasteiger partial charge in [0.2, 0.25) is 17.7 Å². The summed E-state index contributed by atoms with van der Waals surface area (Å²) >= 11 is 4.05. The average molecular weight is 455 g/mol. The maximum absolute atomic E-state index is 12.8. The Hall–Kier alpha value is -2.63. The fourth-order valence-corrected chi connectivity index (χ4v) is 2.91. The van der Waals surface area contributed by atoms with Gasteiger partial charge in [-0.1, -0.05) is 44.2 Å². The molecule has 4 atom stereocenters. The van der Waals surface area contributed by atoms with Crippen LogP contribution in [0, 0.1) is 5.92 Å². The van der Waals surface area contributed by atoms with Crippen LogP contribution in [0.15, 0.2) is 30.3 Å². The number of aliphatic hydroxyl groups is 1. The van der Waals surface area contributed by atoms with Gasteiger partial charge in [0.15, 0.2) is 0 Å². The number of nitrogens with two attached hydrogens (primary N) is 1. The summed E-state index contributed by atoms with van der Waals surface area (Å²) < 4.78 is 0. The lowest BCUT2D eigenvalue weighted by molar-refractivity contribution is -0.143. The number of nitrogens with one attached hydrogen (secondary N) is 3. The number of carbonyl (C=O) groups excluding carboxylic acids is 3. The maximum Gasteiger partial charge on any atom is 0.326 e. The topological polar surface area (TPSA) is 171 Å². The Morgan fingerprint density at radius 3 is 2.00 bits per heavy atom. The number of aliphatic carboxylic acids is 1. The molecular weight excluding hydrogens is 424 g/mol. The number of hydrogen-bond acceptors (Lipinski definition) is 7. The molecule has 0 saturated heterocycles. The van der Waals surface area contributed by atoms with Crippen LogP contribution in [-0.2, 0) is 25.6 Å². The van der Waals surface area contributed by atoms with Gasteiger partial charge in [-0.15, -0.1) is 0 Å². The van der Waals surface area contributed by atoms with E-state index in [2.05, 4.69) is 28.6 Å². The first-order valence-corrected chi connectivity index (χ1v) is 10.4. The first-order valence-electron chi connectivity index (χ1n) is 9.75. The van der Waals surface area contributed by atoms with E-state index in [9.17, 15) is 24.3 Å². The fourth-order valence-electron chi connectivity index (χ4n) is 2.65. The Morgan fingerprint density at radius 2 is 1.52 bits per heavy atom. The highest BCUT2D eigenvalue weighted by Crippen LogP contribution is 2.07. The Morgan fingerprint density at radius 1 is 0.968 bits per heavy atom. The Labute approximate surface area is 186 Å². The molecule has 0 aliphatic carbocycles. The minimum Gasteiger partial charge on any atom is -0.480 e. The normalized spacial score (nSPS) is 14.8. The molecule has 3 amide bonds. The van der Waals surface area contributed by atoms with Crippen molar-refractivity contribution in [2.75, 3.05) is 12.4 Å². The van der Waals surface area contributed by atoms with Crippen LogP contribution in [0.1, 0.15) is 19.4 Å². The van der Waals surface area contributed by atoms with Crippen molar-refractivity contribution >= 4 is 36.3 Å². The number of amides is 3. The van der Waals surface area contributed by atoms with Crippen molar-refractivity contribution in [3.05, 3.63) is 35.9 Å². The van der Waals surface area contributed by atoms with E-state index in [1.165, 1.54) is 0 Å². The van der Waals surface area contributed by atoms with Gasteiger partial charge in [0, 0.05) is 12.2 Å². The third kappa shape index (κ3) is 8.56. The molecule has 0 radical (unpaired) electrons. The van der Waals surface area contributed by atoms with Gasteiger partial charge in [-0.25, -0.2) is 4.79 Å². The summed E-state index contributed by atoms with van der Waals surface area (Å²) in [6.07, 6.45) is 0.103. The number of carboxylic acid groups (broad SMARTS) is 1. The highest BCUT2D eigenvalue weighted by molar-refractivity contribution is 7.80. The van der Waals surface area contributed by atoms with Crippen LogP contribution in [0.4, 0.5) is 0 Å². The van der Waals surface area contributed by atoms with Gasteiger partial charge < -0.3 is 31.9 Å². The lowest BCUT2D eigenvalue weighted by atomic mass is 10.0. The second-order valence-corrected chi connectivity index (χ2v) is 7.72. The van der Waals surface area contributed by atoms with E-state index in [1.807, 2.05) is 0 Å². The number of rotatable bonds is 12. The largest absolute Gasteiger partial charge is 0.480 e. The van der Waals surface area contributed by atoms with Gasteiger partial charge in [-0.3, -0.25) is 14.4 Å². The first-order chi connectivity index (χ1) is 14.6. The van der Waals surface area contributed by atoms with E-state index in [4.69, 9.17) is 10.8 Å². The molecule has 0 bridgehead atoms. The Balaban J connectivity index is 3.01. The summed E-state index contributed by atoms with van der Waals surface area (Å²) in [6.45, 7) is 2.71. The molecule has 4 unspecified atom stereocenters. The minimum atomic E-state index is -1.21. The van der Waals surface area contributed by atoms with E-state index >= 15 is 0 Å². The van der Waals surface area contributed by atoms with Crippen molar-refractivity contribution in [1.82, 2.24) is 16.0 Å². The highest BCUT2D eigenvalue weighted by Gasteiger charge is 2.31. The monoisotopic (exact) mass is 454 g/mol. The second-order valence-electron chi connectivity index (χ2n) is 7.35. The van der Waals surface area contributed by atoms with Crippen LogP contribution in [0.3, 0.4) is 0 Å². The van der Waals surface area contributed by atoms with E-state index in [-0.39, 0.29) is 18.1 Å². The molecule has 0 heterocycles. The van der Waals surface area contributed by atoms with E-state index in [1.54, 1.807) is 44.2 Å². The van der Waals surface area contributed by atoms with E-state index in [0.717, 1.165) is 5.56 Å². The minimum absolute atomic E-state index is 0.0842. The Kier molecular flexibility index (Phi) is 11.0. The number of benzene rings is 1. The summed E-state index contributed by atoms with van der Waals surface area (Å²) in [7, 11) is 0. The molecule has 1 aromatic rings. The molecule has 7 N–H and O–H groups in total. The van der Waals surface area contributed by atoms with E-state index in [0.29, 0.717) is 0 Å². The summed E-state index contributed by atoms with van der Waals surface area (Å²) in [5.41, 5.74) is 6.19. The third-order valence-electron chi connectivity index (χ3n) is 4.50. The predicted molar refractivity (Wildman–Crippen MR) is 117 cm³/mol. The lowest BCUT2D eigenvalue weighted by Crippen LogP contribution is -2.58. The van der Waals surface area contributed by atoms with Crippen LogP contribution in [-0.4, -0.2) is 70.4 Å². The van der Waals surface area contributed by atoms with Gasteiger partial charge in [0.05, 0.1) is 6.61 Å². The molecule has 0 aliphatic rings. The van der Waals surface area contributed by atoms with Crippen LogP contribution in [0.25, 0.3) is 0 Å². The zero-order chi connectivity index (χ0) is 23.6. The van der Waals surface area contributed by atoms with Crippen molar-refractivity contribution in [1.29, 1.82) is 0 Å². The van der Waals surface area contributed by atoms with Gasteiger partial charge >= 0.3 is 5.97 Å². The summed E-state index contributed by atoms with van der Waals surface area (Å²) in [6, 6.07) is 4.32. The maximum atomic E-state index is 12.8. The molecule has 172 valence electrons. The fraction of sp³-hybridized carbons (Fsp3) is 0.500.